The molecule has 26 heavy (non-hydrogen) atoms. The highest BCUT2D eigenvalue weighted by atomic mass is 16.7. The van der Waals surface area contributed by atoms with Crippen LogP contribution in [0.3, 0.4) is 0 Å². The second-order valence-electron chi connectivity index (χ2n) is 6.44. The first kappa shape index (κ1) is 17.6. The van der Waals surface area contributed by atoms with E-state index in [1.807, 2.05) is 60.7 Å². The molecule has 4 rings (SSSR count). The first-order valence-electron chi connectivity index (χ1n) is 8.73. The Kier molecular flexibility index (Phi) is 5.31. The van der Waals surface area contributed by atoms with Crippen LogP contribution in [0.15, 0.2) is 60.7 Å². The number of hydrogen-bond donors (Lipinski definition) is 2. The van der Waals surface area contributed by atoms with Gasteiger partial charge in [-0.3, -0.25) is 0 Å². The Morgan fingerprint density at radius 2 is 1.42 bits per heavy atom. The first-order valence-corrected chi connectivity index (χ1v) is 8.73. The van der Waals surface area contributed by atoms with E-state index in [0.717, 1.165) is 11.1 Å². The predicted octanol–water partition coefficient (Wildman–Crippen LogP) is 1.94. The minimum Gasteiger partial charge on any atom is -0.394 e. The molecule has 2 aliphatic heterocycles. The normalized spacial score (nSPS) is 34.7. The van der Waals surface area contributed by atoms with E-state index < -0.39 is 37.0 Å². The summed E-state index contributed by atoms with van der Waals surface area (Å²) in [6.07, 6.45) is -4.49. The lowest BCUT2D eigenvalue weighted by molar-refractivity contribution is -0.249. The zero-order valence-electron chi connectivity index (χ0n) is 14.2. The number of aliphatic hydroxyl groups is 2. The summed E-state index contributed by atoms with van der Waals surface area (Å²) in [6, 6.07) is 18.9. The Balaban J connectivity index is 1.61. The summed E-state index contributed by atoms with van der Waals surface area (Å²) < 4.78 is 23.8. The van der Waals surface area contributed by atoms with Crippen molar-refractivity contribution in [3.8, 4) is 0 Å². The van der Waals surface area contributed by atoms with Gasteiger partial charge in [0.15, 0.2) is 12.6 Å². The molecule has 2 aromatic carbocycles. The third-order valence-corrected chi connectivity index (χ3v) is 4.70. The first-order chi connectivity index (χ1) is 12.8. The molecule has 2 bridgehead atoms. The summed E-state index contributed by atoms with van der Waals surface area (Å²) in [4.78, 5) is 0. The van der Waals surface area contributed by atoms with Crippen LogP contribution in [0, 0.1) is 0 Å². The largest absolute Gasteiger partial charge is 0.394 e. The lowest BCUT2D eigenvalue weighted by atomic mass is 10.0. The molecule has 0 aromatic heterocycles. The molecule has 2 aromatic rings. The molecule has 2 saturated heterocycles. The lowest BCUT2D eigenvalue weighted by Crippen LogP contribution is -2.45. The van der Waals surface area contributed by atoms with Crippen molar-refractivity contribution in [3.63, 3.8) is 0 Å². The third-order valence-electron chi connectivity index (χ3n) is 4.70. The summed E-state index contributed by atoms with van der Waals surface area (Å²) in [5, 5.41) is 20.6. The minimum atomic E-state index is -0.977. The van der Waals surface area contributed by atoms with Crippen molar-refractivity contribution in [1.82, 2.24) is 0 Å². The van der Waals surface area contributed by atoms with Crippen molar-refractivity contribution in [2.75, 3.05) is 13.2 Å². The quantitative estimate of drug-likeness (QED) is 0.873. The van der Waals surface area contributed by atoms with Crippen molar-refractivity contribution < 1.29 is 29.2 Å². The van der Waals surface area contributed by atoms with E-state index in [2.05, 4.69) is 0 Å². The maximum absolute atomic E-state index is 10.8. The zero-order valence-corrected chi connectivity index (χ0v) is 14.2. The van der Waals surface area contributed by atoms with Gasteiger partial charge in [0.05, 0.1) is 13.2 Å². The van der Waals surface area contributed by atoms with Crippen LogP contribution in [-0.4, -0.2) is 47.8 Å². The van der Waals surface area contributed by atoms with E-state index in [1.54, 1.807) is 0 Å². The minimum absolute atomic E-state index is 0.155. The summed E-state index contributed by atoms with van der Waals surface area (Å²) >= 11 is 0. The molecular weight excluding hydrogens is 336 g/mol. The van der Waals surface area contributed by atoms with Crippen LogP contribution in [0.25, 0.3) is 0 Å². The Bertz CT molecular complexity index is 692. The molecule has 0 amide bonds. The molecule has 0 saturated carbocycles. The standard InChI is InChI=1S/C20H22O6/c21-11-15-18-17(22)16(25-20(24-15)14-9-5-2-6-10-14)12-23-19(26-18)13-7-3-1-4-8-13/h1-10,15-22H,11-12H2/t15-,16+,17-,18-,19?,20?/m1/s1. The van der Waals surface area contributed by atoms with E-state index in [-0.39, 0.29) is 13.2 Å². The van der Waals surface area contributed by atoms with Gasteiger partial charge in [-0.2, -0.15) is 0 Å². The van der Waals surface area contributed by atoms with Crippen LogP contribution >= 0.6 is 0 Å². The number of ether oxygens (including phenoxy) is 4. The van der Waals surface area contributed by atoms with Gasteiger partial charge in [-0.05, 0) is 0 Å². The van der Waals surface area contributed by atoms with Gasteiger partial charge in [0.1, 0.15) is 24.4 Å². The van der Waals surface area contributed by atoms with Gasteiger partial charge in [0.25, 0.3) is 0 Å². The summed E-state index contributed by atoms with van der Waals surface area (Å²) in [5.41, 5.74) is 1.64. The molecular formula is C20H22O6. The van der Waals surface area contributed by atoms with Crippen LogP contribution in [0.2, 0.25) is 0 Å². The molecule has 2 heterocycles. The number of benzene rings is 2. The predicted molar refractivity (Wildman–Crippen MR) is 92.0 cm³/mol. The maximum atomic E-state index is 10.8. The SMILES string of the molecule is OC[C@H]1OC(c2ccccc2)O[C@H]2COC(c3ccccc3)O[C@H]1[C@@H]2O. The fraction of sp³-hybridized carbons (Fsp3) is 0.400. The Morgan fingerprint density at radius 3 is 2.04 bits per heavy atom. The average molecular weight is 358 g/mol. The van der Waals surface area contributed by atoms with E-state index >= 15 is 0 Å². The van der Waals surface area contributed by atoms with Crippen molar-refractivity contribution >= 4 is 0 Å². The van der Waals surface area contributed by atoms with Crippen LogP contribution in [0.5, 0.6) is 0 Å². The van der Waals surface area contributed by atoms with Gasteiger partial charge in [0, 0.05) is 11.1 Å². The van der Waals surface area contributed by atoms with Gasteiger partial charge in [-0.1, -0.05) is 60.7 Å². The molecule has 2 fully saturated rings. The highest BCUT2D eigenvalue weighted by Gasteiger charge is 2.45. The molecule has 0 aliphatic carbocycles. The molecule has 6 heteroatoms. The molecule has 2 unspecified atom stereocenters. The van der Waals surface area contributed by atoms with E-state index in [4.69, 9.17) is 18.9 Å². The second kappa shape index (κ2) is 7.84. The summed E-state index contributed by atoms with van der Waals surface area (Å²) in [6.45, 7) is -0.148. The van der Waals surface area contributed by atoms with E-state index in [0.29, 0.717) is 0 Å². The molecule has 2 aliphatic rings. The summed E-state index contributed by atoms with van der Waals surface area (Å²) in [7, 11) is 0. The van der Waals surface area contributed by atoms with Gasteiger partial charge in [-0.15, -0.1) is 0 Å². The number of aliphatic hydroxyl groups excluding tert-OH is 2. The fourth-order valence-electron chi connectivity index (χ4n) is 3.31. The Morgan fingerprint density at radius 1 is 0.808 bits per heavy atom. The Hall–Kier alpha value is -1.80. The third kappa shape index (κ3) is 3.53. The van der Waals surface area contributed by atoms with Crippen LogP contribution in [0.1, 0.15) is 23.7 Å². The molecule has 138 valence electrons. The van der Waals surface area contributed by atoms with E-state index in [9.17, 15) is 10.2 Å². The molecule has 0 radical (unpaired) electrons. The highest BCUT2D eigenvalue weighted by Crippen LogP contribution is 2.36. The zero-order chi connectivity index (χ0) is 17.9. The Labute approximate surface area is 151 Å². The smallest absolute Gasteiger partial charge is 0.184 e. The van der Waals surface area contributed by atoms with Crippen molar-refractivity contribution in [3.05, 3.63) is 71.8 Å². The van der Waals surface area contributed by atoms with Crippen molar-refractivity contribution in [2.24, 2.45) is 0 Å². The van der Waals surface area contributed by atoms with Gasteiger partial charge >= 0.3 is 0 Å². The summed E-state index contributed by atoms with van der Waals surface area (Å²) in [5.74, 6) is 0. The van der Waals surface area contributed by atoms with Crippen molar-refractivity contribution in [2.45, 2.75) is 37.0 Å². The van der Waals surface area contributed by atoms with Gasteiger partial charge in [0.2, 0.25) is 0 Å². The number of fused-ring (bicyclic) bond motifs is 2. The maximum Gasteiger partial charge on any atom is 0.184 e. The highest BCUT2D eigenvalue weighted by molar-refractivity contribution is 5.18. The lowest BCUT2D eigenvalue weighted by Gasteiger charge is -2.29. The van der Waals surface area contributed by atoms with Crippen molar-refractivity contribution in [1.29, 1.82) is 0 Å². The molecule has 6 atom stereocenters. The number of rotatable bonds is 3. The van der Waals surface area contributed by atoms with E-state index in [1.165, 1.54) is 0 Å². The molecule has 0 spiro atoms. The second-order valence-corrected chi connectivity index (χ2v) is 6.44. The molecule has 6 nitrogen and oxygen atoms in total. The van der Waals surface area contributed by atoms with Gasteiger partial charge < -0.3 is 29.2 Å². The average Bonchev–Trinajstić information content (AvgIpc) is 2.94. The van der Waals surface area contributed by atoms with Gasteiger partial charge in [-0.25, -0.2) is 0 Å². The van der Waals surface area contributed by atoms with Crippen LogP contribution in [0.4, 0.5) is 0 Å². The fourth-order valence-corrected chi connectivity index (χ4v) is 3.31. The monoisotopic (exact) mass is 358 g/mol. The van der Waals surface area contributed by atoms with Crippen LogP contribution < -0.4 is 0 Å². The molecule has 2 N–H and O–H groups in total. The van der Waals surface area contributed by atoms with Crippen LogP contribution in [-0.2, 0) is 18.9 Å². The number of hydrogen-bond acceptors (Lipinski definition) is 6. The topological polar surface area (TPSA) is 77.4 Å².